The normalized spacial score (nSPS) is 16.3. The number of hydrogen-bond acceptors (Lipinski definition) is 5. The number of hydrogen-bond donors (Lipinski definition) is 2. The zero-order chi connectivity index (χ0) is 22.9. The number of carbonyl (C=O) groups is 1. The molecular weight excluding hydrogens is 445 g/mol. The summed E-state index contributed by atoms with van der Waals surface area (Å²) in [5.41, 5.74) is 5.15. The Hall–Kier alpha value is -3.26. The molecule has 7 nitrogen and oxygen atoms in total. The van der Waals surface area contributed by atoms with Crippen molar-refractivity contribution in [3.8, 4) is 11.9 Å². The van der Waals surface area contributed by atoms with E-state index >= 15 is 0 Å². The number of ether oxygens (including phenoxy) is 1. The van der Waals surface area contributed by atoms with Gasteiger partial charge in [-0.3, -0.25) is 0 Å². The number of aryl methyl sites for hydroxylation is 2. The lowest BCUT2D eigenvalue weighted by atomic mass is 9.99. The van der Waals surface area contributed by atoms with Crippen LogP contribution in [0.2, 0.25) is 0 Å². The van der Waals surface area contributed by atoms with Crippen LogP contribution in [0.15, 0.2) is 39.6 Å². The molecule has 0 aliphatic heterocycles. The second-order valence-corrected chi connectivity index (χ2v) is 9.44. The Morgan fingerprint density at radius 2 is 1.75 bits per heavy atom. The van der Waals surface area contributed by atoms with Crippen LogP contribution in [0.5, 0.6) is 5.75 Å². The first-order valence-corrected chi connectivity index (χ1v) is 11.5. The molecule has 0 heterocycles. The van der Waals surface area contributed by atoms with Crippen molar-refractivity contribution in [2.45, 2.75) is 49.8 Å². The summed E-state index contributed by atoms with van der Waals surface area (Å²) in [6.45, 7) is 0. The first-order chi connectivity index (χ1) is 15.2. The Bertz CT molecular complexity index is 1210. The fraction of sp³-hybridized carbons (Fsp3) is 0.333. The highest BCUT2D eigenvalue weighted by atomic mass is 32.2. The van der Waals surface area contributed by atoms with Gasteiger partial charge in [-0.25, -0.2) is 13.7 Å². The molecule has 1 atom stereocenters. The molecule has 2 aliphatic rings. The highest BCUT2D eigenvalue weighted by Gasteiger charge is 2.32. The van der Waals surface area contributed by atoms with Crippen LogP contribution < -0.4 is 14.8 Å². The van der Waals surface area contributed by atoms with Crippen molar-refractivity contribution < 1.29 is 26.9 Å². The summed E-state index contributed by atoms with van der Waals surface area (Å²) in [6.07, 6.45) is 1.83. The van der Waals surface area contributed by atoms with E-state index in [-0.39, 0.29) is 4.90 Å². The third kappa shape index (κ3) is 4.50. The van der Waals surface area contributed by atoms with Crippen LogP contribution in [0.4, 0.5) is 23.7 Å². The molecule has 2 N–H and O–H groups in total. The SMILES string of the molecule is N#CN=S(=O)(NC(=O)Nc1c2c(cc3c1CCC3)CCC2)c1cccc(OC(F)(F)F)c1. The molecule has 0 saturated carbocycles. The van der Waals surface area contributed by atoms with Crippen molar-refractivity contribution in [3.63, 3.8) is 0 Å². The molecular formula is C21H19F3N4O3S. The van der Waals surface area contributed by atoms with E-state index in [4.69, 9.17) is 5.26 Å². The quantitative estimate of drug-likeness (QED) is 0.645. The molecule has 2 aromatic carbocycles. The summed E-state index contributed by atoms with van der Waals surface area (Å²) in [4.78, 5) is 12.5. The van der Waals surface area contributed by atoms with Gasteiger partial charge in [0.1, 0.15) is 5.75 Å². The molecule has 2 amide bonds. The first-order valence-electron chi connectivity index (χ1n) is 9.95. The number of urea groups is 1. The summed E-state index contributed by atoms with van der Waals surface area (Å²) < 4.78 is 60.2. The number of nitrogens with one attached hydrogen (secondary N) is 2. The number of amides is 2. The van der Waals surface area contributed by atoms with Crippen molar-refractivity contribution in [1.29, 1.82) is 5.26 Å². The van der Waals surface area contributed by atoms with E-state index in [1.807, 2.05) is 0 Å². The van der Waals surface area contributed by atoms with Crippen molar-refractivity contribution >= 4 is 21.6 Å². The minimum absolute atomic E-state index is 0.292. The van der Waals surface area contributed by atoms with E-state index in [1.54, 1.807) is 0 Å². The molecule has 2 aliphatic carbocycles. The van der Waals surface area contributed by atoms with E-state index in [0.717, 1.165) is 61.8 Å². The van der Waals surface area contributed by atoms with Gasteiger partial charge in [0.25, 0.3) is 0 Å². The Kier molecular flexibility index (Phi) is 5.73. The van der Waals surface area contributed by atoms with E-state index in [2.05, 4.69) is 25.2 Å². The van der Waals surface area contributed by atoms with Gasteiger partial charge < -0.3 is 10.1 Å². The van der Waals surface area contributed by atoms with Gasteiger partial charge in [0, 0.05) is 5.69 Å². The van der Waals surface area contributed by atoms with Crippen LogP contribution in [0.1, 0.15) is 35.1 Å². The van der Waals surface area contributed by atoms with E-state index in [0.29, 0.717) is 5.69 Å². The molecule has 2 aromatic rings. The van der Waals surface area contributed by atoms with Crippen LogP contribution in [0.25, 0.3) is 0 Å². The number of rotatable bonds is 4. The van der Waals surface area contributed by atoms with Crippen molar-refractivity contribution in [2.24, 2.45) is 4.36 Å². The molecule has 1 unspecified atom stereocenters. The Morgan fingerprint density at radius 3 is 2.34 bits per heavy atom. The minimum Gasteiger partial charge on any atom is -0.406 e. The zero-order valence-corrected chi connectivity index (χ0v) is 17.6. The van der Waals surface area contributed by atoms with Crippen molar-refractivity contribution in [1.82, 2.24) is 4.72 Å². The highest BCUT2D eigenvalue weighted by molar-refractivity contribution is 7.92. The third-order valence-corrected chi connectivity index (χ3v) is 7.16. The summed E-state index contributed by atoms with van der Waals surface area (Å²) in [5.74, 6) is -0.642. The number of halogens is 3. The number of nitrogens with zero attached hydrogens (tertiary/aromatic N) is 2. The summed E-state index contributed by atoms with van der Waals surface area (Å²) in [5, 5.41) is 11.8. The zero-order valence-electron chi connectivity index (χ0n) is 16.8. The largest absolute Gasteiger partial charge is 0.573 e. The van der Waals surface area contributed by atoms with Gasteiger partial charge in [0.05, 0.1) is 4.90 Å². The number of anilines is 1. The number of alkyl halides is 3. The standard InChI is InChI=1S/C21H19F3N4O3S/c22-21(23,24)31-15-6-3-7-16(11-15)32(30,26-12-25)28-20(29)27-19-17-8-1-4-13(17)10-14-5-2-9-18(14)19/h3,6-7,10-11H,1-2,4-5,8-9H2,(H2,26,27,28,29,30). The van der Waals surface area contributed by atoms with E-state index < -0.39 is 28.1 Å². The van der Waals surface area contributed by atoms with Gasteiger partial charge in [-0.1, -0.05) is 16.5 Å². The third-order valence-electron chi connectivity index (χ3n) is 5.47. The monoisotopic (exact) mass is 464 g/mol. The smallest absolute Gasteiger partial charge is 0.406 e. The molecule has 32 heavy (non-hydrogen) atoms. The van der Waals surface area contributed by atoms with Gasteiger partial charge >= 0.3 is 12.4 Å². The Labute approximate surface area is 182 Å². The lowest BCUT2D eigenvalue weighted by Gasteiger charge is -2.18. The predicted molar refractivity (Wildman–Crippen MR) is 110 cm³/mol. The molecule has 0 spiro atoms. The van der Waals surface area contributed by atoms with Crippen molar-refractivity contribution in [2.75, 3.05) is 5.32 Å². The molecule has 0 radical (unpaired) electrons. The molecule has 0 fully saturated rings. The molecule has 168 valence electrons. The second kappa shape index (κ2) is 8.35. The fourth-order valence-electron chi connectivity index (χ4n) is 4.27. The number of carbonyl (C=O) groups excluding carboxylic acids is 1. The maximum Gasteiger partial charge on any atom is 0.573 e. The maximum atomic E-state index is 13.3. The summed E-state index contributed by atoms with van der Waals surface area (Å²) >= 11 is 0. The van der Waals surface area contributed by atoms with Crippen LogP contribution in [-0.4, -0.2) is 16.6 Å². The molecule has 11 heteroatoms. The Balaban J connectivity index is 1.63. The van der Waals surface area contributed by atoms with Gasteiger partial charge in [0.15, 0.2) is 9.92 Å². The average Bonchev–Trinajstić information content (AvgIpc) is 3.36. The number of nitriles is 1. The van der Waals surface area contributed by atoms with E-state index in [1.165, 1.54) is 29.5 Å². The maximum absolute atomic E-state index is 13.3. The number of benzene rings is 2. The van der Waals surface area contributed by atoms with Crippen LogP contribution in [-0.2, 0) is 35.6 Å². The molecule has 0 bridgehead atoms. The van der Waals surface area contributed by atoms with Gasteiger partial charge in [-0.15, -0.1) is 13.2 Å². The van der Waals surface area contributed by atoms with Crippen LogP contribution in [0.3, 0.4) is 0 Å². The average molecular weight is 464 g/mol. The molecule has 4 rings (SSSR count). The first kappa shape index (κ1) is 22.0. The summed E-state index contributed by atoms with van der Waals surface area (Å²) in [6, 6.07) is 5.54. The number of fused-ring (bicyclic) bond motifs is 2. The topological polar surface area (TPSA) is 104 Å². The van der Waals surface area contributed by atoms with Crippen LogP contribution >= 0.6 is 0 Å². The lowest BCUT2D eigenvalue weighted by molar-refractivity contribution is -0.274. The minimum atomic E-state index is -4.95. The van der Waals surface area contributed by atoms with Gasteiger partial charge in [-0.05, 0) is 79.0 Å². The van der Waals surface area contributed by atoms with Gasteiger partial charge in [0.2, 0.25) is 6.19 Å². The molecule has 0 saturated heterocycles. The predicted octanol–water partition coefficient (Wildman–Crippen LogP) is 4.61. The fourth-order valence-corrected chi connectivity index (χ4v) is 5.49. The Morgan fingerprint density at radius 1 is 1.09 bits per heavy atom. The van der Waals surface area contributed by atoms with Crippen LogP contribution in [0, 0.1) is 11.5 Å². The highest BCUT2D eigenvalue weighted by Crippen LogP contribution is 2.38. The van der Waals surface area contributed by atoms with E-state index in [9.17, 15) is 22.2 Å². The lowest BCUT2D eigenvalue weighted by Crippen LogP contribution is -2.34. The summed E-state index contributed by atoms with van der Waals surface area (Å²) in [7, 11) is -3.89. The van der Waals surface area contributed by atoms with Crippen molar-refractivity contribution in [3.05, 3.63) is 52.6 Å². The second-order valence-electron chi connectivity index (χ2n) is 7.53. The molecule has 0 aromatic heterocycles. The van der Waals surface area contributed by atoms with Gasteiger partial charge in [-0.2, -0.15) is 5.26 Å².